The van der Waals surface area contributed by atoms with Gasteiger partial charge in [0.2, 0.25) is 11.1 Å². The van der Waals surface area contributed by atoms with Crippen LogP contribution >= 0.6 is 23.4 Å². The normalized spacial score (nSPS) is 13.5. The van der Waals surface area contributed by atoms with Gasteiger partial charge >= 0.3 is 0 Å². The van der Waals surface area contributed by atoms with Crippen LogP contribution in [0.2, 0.25) is 5.02 Å². The predicted molar refractivity (Wildman–Crippen MR) is 118 cm³/mol. The lowest BCUT2D eigenvalue weighted by atomic mass is 10.2. The van der Waals surface area contributed by atoms with Crippen LogP contribution in [0.15, 0.2) is 47.6 Å². The van der Waals surface area contributed by atoms with Crippen molar-refractivity contribution in [3.8, 4) is 11.4 Å². The van der Waals surface area contributed by atoms with Gasteiger partial charge in [-0.25, -0.2) is 0 Å². The van der Waals surface area contributed by atoms with E-state index in [1.165, 1.54) is 11.8 Å². The van der Waals surface area contributed by atoms with Gasteiger partial charge in [-0.2, -0.15) is 4.68 Å². The van der Waals surface area contributed by atoms with Crippen LogP contribution in [0.25, 0.3) is 5.69 Å². The van der Waals surface area contributed by atoms with Crippen molar-refractivity contribution in [1.82, 2.24) is 20.2 Å². The Hall–Kier alpha value is -2.78. The number of ether oxygens (including phenoxy) is 1. The summed E-state index contributed by atoms with van der Waals surface area (Å²) < 4.78 is 6.76. The number of rotatable bonds is 7. The number of para-hydroxylation sites is 1. The Morgan fingerprint density at radius 3 is 2.70 bits per heavy atom. The summed E-state index contributed by atoms with van der Waals surface area (Å²) in [5, 5.41) is 15.9. The summed E-state index contributed by atoms with van der Waals surface area (Å²) in [6.07, 6.45) is 2.25. The maximum absolute atomic E-state index is 12.6. The molecular weight excluding hydrogens is 424 g/mol. The number of aromatic nitrogens is 4. The first kappa shape index (κ1) is 20.5. The largest absolute Gasteiger partial charge is 0.497 e. The van der Waals surface area contributed by atoms with Crippen LogP contribution in [0.3, 0.4) is 0 Å². The van der Waals surface area contributed by atoms with Gasteiger partial charge in [-0.3, -0.25) is 4.79 Å². The zero-order valence-electron chi connectivity index (χ0n) is 16.4. The number of halogens is 1. The first-order valence-electron chi connectivity index (χ1n) is 9.54. The molecule has 1 aromatic heterocycles. The molecule has 0 atom stereocenters. The van der Waals surface area contributed by atoms with Crippen LogP contribution in [0.1, 0.15) is 12.8 Å². The van der Waals surface area contributed by atoms with Crippen molar-refractivity contribution < 1.29 is 9.53 Å². The number of carbonyl (C=O) groups is 1. The SMILES string of the molecule is COc1ccc(-n2nnnc2SCC(=O)Nc2cccc(Cl)c2N2CCCC2)cc1. The molecular formula is C20H21ClN6O2S. The van der Waals surface area contributed by atoms with Crippen LogP contribution in [0, 0.1) is 0 Å². The number of anilines is 2. The molecule has 1 aliphatic rings. The second-order valence-electron chi connectivity index (χ2n) is 6.74. The standard InChI is InChI=1S/C20H21ClN6O2S/c1-29-15-9-7-14(8-10-15)27-20(23-24-25-27)30-13-18(28)22-17-6-4-5-16(21)19(17)26-11-2-3-12-26/h4-10H,2-3,11-13H2,1H3,(H,22,28). The molecule has 1 fully saturated rings. The smallest absolute Gasteiger partial charge is 0.234 e. The number of nitrogens with zero attached hydrogens (tertiary/aromatic N) is 5. The second kappa shape index (κ2) is 9.36. The molecule has 0 radical (unpaired) electrons. The maximum atomic E-state index is 12.6. The molecule has 10 heteroatoms. The minimum Gasteiger partial charge on any atom is -0.497 e. The molecule has 2 aromatic carbocycles. The molecule has 1 amide bonds. The van der Waals surface area contributed by atoms with E-state index in [0.29, 0.717) is 10.2 Å². The van der Waals surface area contributed by atoms with Gasteiger partial charge in [-0.15, -0.1) is 5.10 Å². The minimum atomic E-state index is -0.146. The number of methoxy groups -OCH3 is 1. The summed E-state index contributed by atoms with van der Waals surface area (Å²) in [5.74, 6) is 0.769. The first-order chi connectivity index (χ1) is 14.7. The monoisotopic (exact) mass is 444 g/mol. The number of amides is 1. The minimum absolute atomic E-state index is 0.146. The average Bonchev–Trinajstić information content (AvgIpc) is 3.45. The predicted octanol–water partition coefficient (Wildman–Crippen LogP) is 3.66. The van der Waals surface area contributed by atoms with Crippen LogP contribution in [0.4, 0.5) is 11.4 Å². The van der Waals surface area contributed by atoms with Crippen molar-refractivity contribution in [1.29, 1.82) is 0 Å². The van der Waals surface area contributed by atoms with Crippen molar-refractivity contribution in [2.24, 2.45) is 0 Å². The van der Waals surface area contributed by atoms with Gasteiger partial charge in [-0.1, -0.05) is 29.4 Å². The Kier molecular flexibility index (Phi) is 6.39. The van der Waals surface area contributed by atoms with E-state index in [4.69, 9.17) is 16.3 Å². The van der Waals surface area contributed by atoms with Crippen molar-refractivity contribution in [3.05, 3.63) is 47.5 Å². The summed E-state index contributed by atoms with van der Waals surface area (Å²) in [6, 6.07) is 12.9. The highest BCUT2D eigenvalue weighted by molar-refractivity contribution is 7.99. The van der Waals surface area contributed by atoms with E-state index in [1.807, 2.05) is 42.5 Å². The summed E-state index contributed by atoms with van der Waals surface area (Å²) in [6.45, 7) is 1.88. The van der Waals surface area contributed by atoms with Gasteiger partial charge in [0.1, 0.15) is 5.75 Å². The zero-order chi connectivity index (χ0) is 20.9. The van der Waals surface area contributed by atoms with Gasteiger partial charge in [0, 0.05) is 13.1 Å². The van der Waals surface area contributed by atoms with E-state index in [-0.39, 0.29) is 11.7 Å². The number of tetrazole rings is 1. The third-order valence-electron chi connectivity index (χ3n) is 4.77. The van der Waals surface area contributed by atoms with E-state index < -0.39 is 0 Å². The molecule has 0 saturated carbocycles. The van der Waals surface area contributed by atoms with E-state index in [9.17, 15) is 4.79 Å². The molecule has 0 bridgehead atoms. The molecule has 1 aliphatic heterocycles. The number of carbonyl (C=O) groups excluding carboxylic acids is 1. The van der Waals surface area contributed by atoms with Crippen molar-refractivity contribution in [2.75, 3.05) is 36.2 Å². The molecule has 8 nitrogen and oxygen atoms in total. The van der Waals surface area contributed by atoms with Gasteiger partial charge < -0.3 is 15.0 Å². The molecule has 0 aliphatic carbocycles. The Bertz CT molecular complexity index is 1020. The Morgan fingerprint density at radius 2 is 1.97 bits per heavy atom. The molecule has 1 saturated heterocycles. The fraction of sp³-hybridized carbons (Fsp3) is 0.300. The van der Waals surface area contributed by atoms with Crippen molar-refractivity contribution in [3.63, 3.8) is 0 Å². The number of benzene rings is 2. The number of hydrogen-bond donors (Lipinski definition) is 1. The topological polar surface area (TPSA) is 85.2 Å². The molecule has 3 aromatic rings. The fourth-order valence-corrected chi connectivity index (χ4v) is 4.33. The Balaban J connectivity index is 1.43. The van der Waals surface area contributed by atoms with Gasteiger partial charge in [0.05, 0.1) is 34.9 Å². The van der Waals surface area contributed by atoms with Crippen LogP contribution in [-0.4, -0.2) is 52.1 Å². The van der Waals surface area contributed by atoms with Gasteiger partial charge in [0.15, 0.2) is 0 Å². The molecule has 30 heavy (non-hydrogen) atoms. The average molecular weight is 445 g/mol. The summed E-state index contributed by atoms with van der Waals surface area (Å²) in [4.78, 5) is 14.8. The maximum Gasteiger partial charge on any atom is 0.234 e. The lowest BCUT2D eigenvalue weighted by molar-refractivity contribution is -0.113. The van der Waals surface area contributed by atoms with Crippen LogP contribution in [-0.2, 0) is 4.79 Å². The summed E-state index contributed by atoms with van der Waals surface area (Å²) in [7, 11) is 1.61. The van der Waals surface area contributed by atoms with Gasteiger partial charge in [0.25, 0.3) is 0 Å². The molecule has 2 heterocycles. The third-order valence-corrected chi connectivity index (χ3v) is 6.00. The van der Waals surface area contributed by atoms with Crippen molar-refractivity contribution in [2.45, 2.75) is 18.0 Å². The van der Waals surface area contributed by atoms with Crippen LogP contribution < -0.4 is 15.0 Å². The lowest BCUT2D eigenvalue weighted by Crippen LogP contribution is -2.22. The fourth-order valence-electron chi connectivity index (χ4n) is 3.35. The van der Waals surface area contributed by atoms with E-state index >= 15 is 0 Å². The molecule has 156 valence electrons. The summed E-state index contributed by atoms with van der Waals surface area (Å²) >= 11 is 7.69. The van der Waals surface area contributed by atoms with E-state index in [0.717, 1.165) is 48.7 Å². The molecule has 4 rings (SSSR count). The number of thioether (sulfide) groups is 1. The third kappa shape index (κ3) is 4.52. The van der Waals surface area contributed by atoms with E-state index in [1.54, 1.807) is 11.8 Å². The Morgan fingerprint density at radius 1 is 1.20 bits per heavy atom. The first-order valence-corrected chi connectivity index (χ1v) is 10.9. The van der Waals surface area contributed by atoms with Crippen molar-refractivity contribution >= 4 is 40.6 Å². The van der Waals surface area contributed by atoms with Gasteiger partial charge in [-0.05, 0) is 59.7 Å². The zero-order valence-corrected chi connectivity index (χ0v) is 18.0. The highest BCUT2D eigenvalue weighted by Gasteiger charge is 2.20. The Labute approximate surface area is 183 Å². The quantitative estimate of drug-likeness (QED) is 0.556. The molecule has 0 spiro atoms. The second-order valence-corrected chi connectivity index (χ2v) is 8.09. The summed E-state index contributed by atoms with van der Waals surface area (Å²) in [5.41, 5.74) is 2.40. The number of hydrogen-bond acceptors (Lipinski definition) is 7. The molecule has 1 N–H and O–H groups in total. The highest BCUT2D eigenvalue weighted by Crippen LogP contribution is 2.36. The van der Waals surface area contributed by atoms with E-state index in [2.05, 4.69) is 25.7 Å². The lowest BCUT2D eigenvalue weighted by Gasteiger charge is -2.22. The number of nitrogens with one attached hydrogen (secondary N) is 1. The molecule has 0 unspecified atom stereocenters. The van der Waals surface area contributed by atoms with Crippen LogP contribution in [0.5, 0.6) is 5.75 Å². The highest BCUT2D eigenvalue weighted by atomic mass is 35.5.